The first-order valence-corrected chi connectivity index (χ1v) is 11.8. The Labute approximate surface area is 215 Å². The summed E-state index contributed by atoms with van der Waals surface area (Å²) in [5, 5.41) is 22.8. The maximum absolute atomic E-state index is 12.9. The lowest BCUT2D eigenvalue weighted by molar-refractivity contribution is -0.394. The second-order valence-corrected chi connectivity index (χ2v) is 8.60. The van der Waals surface area contributed by atoms with Gasteiger partial charge in [-0.3, -0.25) is 29.9 Å². The molecule has 3 aromatic rings. The fourth-order valence-electron chi connectivity index (χ4n) is 3.40. The highest BCUT2D eigenvalue weighted by molar-refractivity contribution is 8.18. The third kappa shape index (κ3) is 5.76. The zero-order chi connectivity index (χ0) is 26.5. The number of nitro benzene ring substituents is 2. The Hall–Kier alpha value is -4.71. The van der Waals surface area contributed by atoms with E-state index in [1.807, 2.05) is 6.92 Å². The molecule has 3 aromatic carbocycles. The third-order valence-corrected chi connectivity index (χ3v) is 6.26. The standard InChI is InChI=1S/C25H20N4O7S/c1-3-27-24(30)23(37-25(27)26-17-6-11-19(35-2)12-7-17)14-16-4-9-20(10-5-16)36-22-13-8-18(28(31)32)15-21(22)29(33)34/h4-15H,3H2,1-2H3/b23-14+,26-25?. The van der Waals surface area contributed by atoms with Gasteiger partial charge in [0.15, 0.2) is 5.17 Å². The SMILES string of the molecule is CCN1C(=O)/C(=C\c2ccc(Oc3ccc([N+](=O)[O-])cc3[N+](=O)[O-])cc2)SC1=Nc1ccc(OC)cc1. The van der Waals surface area contributed by atoms with Crippen LogP contribution in [0.3, 0.4) is 0 Å². The van der Waals surface area contributed by atoms with Crippen molar-refractivity contribution in [3.05, 3.63) is 97.4 Å². The number of amidine groups is 1. The molecule has 1 fully saturated rings. The zero-order valence-corrected chi connectivity index (χ0v) is 20.5. The number of hydrogen-bond donors (Lipinski definition) is 0. The molecule has 0 radical (unpaired) electrons. The van der Waals surface area contributed by atoms with Gasteiger partial charge in [-0.1, -0.05) is 12.1 Å². The smallest absolute Gasteiger partial charge is 0.318 e. The molecule has 0 aromatic heterocycles. The summed E-state index contributed by atoms with van der Waals surface area (Å²) in [4.78, 5) is 40.4. The molecular formula is C25H20N4O7S. The highest BCUT2D eigenvalue weighted by atomic mass is 32.2. The van der Waals surface area contributed by atoms with Gasteiger partial charge in [0.1, 0.15) is 11.5 Å². The quantitative estimate of drug-likeness (QED) is 0.202. The van der Waals surface area contributed by atoms with E-state index in [4.69, 9.17) is 9.47 Å². The van der Waals surface area contributed by atoms with Gasteiger partial charge in [-0.15, -0.1) is 0 Å². The van der Waals surface area contributed by atoms with Crippen LogP contribution in [-0.4, -0.2) is 39.5 Å². The fourth-order valence-corrected chi connectivity index (χ4v) is 4.46. The minimum Gasteiger partial charge on any atom is -0.497 e. The van der Waals surface area contributed by atoms with Gasteiger partial charge in [0.05, 0.1) is 33.6 Å². The number of nitrogens with zero attached hydrogens (tertiary/aromatic N) is 4. The summed E-state index contributed by atoms with van der Waals surface area (Å²) in [6.07, 6.45) is 1.73. The summed E-state index contributed by atoms with van der Waals surface area (Å²) in [5.41, 5.74) is 0.480. The van der Waals surface area contributed by atoms with Crippen LogP contribution in [0.4, 0.5) is 17.1 Å². The number of ether oxygens (including phenoxy) is 2. The van der Waals surface area contributed by atoms with Crippen LogP contribution in [0.1, 0.15) is 12.5 Å². The summed E-state index contributed by atoms with van der Waals surface area (Å²) in [5.74, 6) is 0.715. The topological polar surface area (TPSA) is 137 Å². The zero-order valence-electron chi connectivity index (χ0n) is 19.7. The molecular weight excluding hydrogens is 500 g/mol. The number of carbonyl (C=O) groups excluding carboxylic acids is 1. The van der Waals surface area contributed by atoms with Gasteiger partial charge in [-0.05, 0) is 72.8 Å². The monoisotopic (exact) mass is 520 g/mol. The summed E-state index contributed by atoms with van der Waals surface area (Å²) in [6, 6.07) is 16.9. The van der Waals surface area contributed by atoms with Crippen LogP contribution in [-0.2, 0) is 4.79 Å². The van der Waals surface area contributed by atoms with Gasteiger partial charge in [-0.2, -0.15) is 0 Å². The summed E-state index contributed by atoms with van der Waals surface area (Å²) in [6.45, 7) is 2.33. The molecule has 0 atom stereocenters. The Bertz CT molecular complexity index is 1420. The summed E-state index contributed by atoms with van der Waals surface area (Å²) in [7, 11) is 1.58. The number of non-ortho nitro benzene ring substituents is 1. The third-order valence-electron chi connectivity index (χ3n) is 5.26. The van der Waals surface area contributed by atoms with Crippen molar-refractivity contribution in [3.63, 3.8) is 0 Å². The molecule has 1 aliphatic rings. The van der Waals surface area contributed by atoms with Gasteiger partial charge in [0.25, 0.3) is 11.6 Å². The molecule has 0 aliphatic carbocycles. The number of benzene rings is 3. The first-order valence-electron chi connectivity index (χ1n) is 10.9. The average Bonchev–Trinajstić information content (AvgIpc) is 3.18. The Morgan fingerprint density at radius 1 is 0.973 bits per heavy atom. The minimum absolute atomic E-state index is 0.124. The van der Waals surface area contributed by atoms with Gasteiger partial charge in [-0.25, -0.2) is 4.99 Å². The van der Waals surface area contributed by atoms with Crippen molar-refractivity contribution in [1.29, 1.82) is 0 Å². The molecule has 0 saturated carbocycles. The number of methoxy groups -OCH3 is 1. The molecule has 12 heteroatoms. The lowest BCUT2D eigenvalue weighted by atomic mass is 10.2. The van der Waals surface area contributed by atoms with Crippen LogP contribution in [0.5, 0.6) is 17.2 Å². The van der Waals surface area contributed by atoms with E-state index >= 15 is 0 Å². The molecule has 1 aliphatic heterocycles. The average molecular weight is 521 g/mol. The van der Waals surface area contributed by atoms with Crippen molar-refractivity contribution in [3.8, 4) is 17.2 Å². The lowest BCUT2D eigenvalue weighted by Crippen LogP contribution is -2.28. The van der Waals surface area contributed by atoms with E-state index in [-0.39, 0.29) is 11.7 Å². The number of amides is 1. The van der Waals surface area contributed by atoms with E-state index in [0.29, 0.717) is 39.4 Å². The van der Waals surface area contributed by atoms with Crippen LogP contribution in [0, 0.1) is 20.2 Å². The molecule has 37 heavy (non-hydrogen) atoms. The normalized spacial score (nSPS) is 15.3. The molecule has 188 valence electrons. The summed E-state index contributed by atoms with van der Waals surface area (Å²) < 4.78 is 10.8. The van der Waals surface area contributed by atoms with Gasteiger partial charge in [0.2, 0.25) is 5.75 Å². The van der Waals surface area contributed by atoms with E-state index in [1.54, 1.807) is 66.6 Å². The first kappa shape index (κ1) is 25.4. The molecule has 0 unspecified atom stereocenters. The van der Waals surface area contributed by atoms with Crippen LogP contribution in [0.25, 0.3) is 6.08 Å². The Balaban J connectivity index is 1.53. The van der Waals surface area contributed by atoms with Crippen molar-refractivity contribution in [2.24, 2.45) is 4.99 Å². The Kier molecular flexibility index (Phi) is 7.49. The summed E-state index contributed by atoms with van der Waals surface area (Å²) >= 11 is 1.26. The van der Waals surface area contributed by atoms with E-state index in [1.165, 1.54) is 17.8 Å². The number of carbonyl (C=O) groups is 1. The lowest BCUT2D eigenvalue weighted by Gasteiger charge is -2.12. The van der Waals surface area contributed by atoms with E-state index < -0.39 is 21.2 Å². The highest BCUT2D eigenvalue weighted by Gasteiger charge is 2.32. The van der Waals surface area contributed by atoms with Crippen molar-refractivity contribution < 1.29 is 24.1 Å². The maximum Gasteiger partial charge on any atom is 0.318 e. The molecule has 0 spiro atoms. The fraction of sp³-hybridized carbons (Fsp3) is 0.120. The molecule has 0 bridgehead atoms. The number of aliphatic imine (C=N–C) groups is 1. The Morgan fingerprint density at radius 2 is 1.65 bits per heavy atom. The number of hydrogen-bond acceptors (Lipinski definition) is 9. The van der Waals surface area contributed by atoms with Crippen LogP contribution >= 0.6 is 11.8 Å². The second kappa shape index (κ2) is 10.9. The number of likely N-dealkylation sites (N-methyl/N-ethyl adjacent to an activating group) is 1. The van der Waals surface area contributed by atoms with E-state index in [0.717, 1.165) is 12.1 Å². The van der Waals surface area contributed by atoms with Crippen molar-refractivity contribution in [2.45, 2.75) is 6.92 Å². The highest BCUT2D eigenvalue weighted by Crippen LogP contribution is 2.36. The maximum atomic E-state index is 12.9. The van der Waals surface area contributed by atoms with Crippen LogP contribution in [0.2, 0.25) is 0 Å². The number of nitro groups is 2. The molecule has 1 heterocycles. The van der Waals surface area contributed by atoms with Gasteiger partial charge < -0.3 is 9.47 Å². The predicted octanol–water partition coefficient (Wildman–Crippen LogP) is 5.93. The van der Waals surface area contributed by atoms with Crippen molar-refractivity contribution in [1.82, 2.24) is 4.90 Å². The molecule has 1 amide bonds. The molecule has 11 nitrogen and oxygen atoms in total. The van der Waals surface area contributed by atoms with Gasteiger partial charge >= 0.3 is 5.69 Å². The van der Waals surface area contributed by atoms with Crippen LogP contribution < -0.4 is 9.47 Å². The van der Waals surface area contributed by atoms with E-state index in [2.05, 4.69) is 4.99 Å². The predicted molar refractivity (Wildman–Crippen MR) is 139 cm³/mol. The second-order valence-electron chi connectivity index (χ2n) is 7.59. The van der Waals surface area contributed by atoms with Crippen LogP contribution in [0.15, 0.2) is 76.6 Å². The molecule has 1 saturated heterocycles. The van der Waals surface area contributed by atoms with E-state index in [9.17, 15) is 25.0 Å². The first-order chi connectivity index (χ1) is 17.8. The van der Waals surface area contributed by atoms with Crippen molar-refractivity contribution in [2.75, 3.05) is 13.7 Å². The number of thioether (sulfide) groups is 1. The van der Waals surface area contributed by atoms with Crippen molar-refractivity contribution >= 4 is 46.0 Å². The number of rotatable bonds is 8. The minimum atomic E-state index is -0.741. The van der Waals surface area contributed by atoms with Gasteiger partial charge in [0, 0.05) is 12.6 Å². The largest absolute Gasteiger partial charge is 0.497 e. The molecule has 0 N–H and O–H groups in total. The Morgan fingerprint density at radius 3 is 2.24 bits per heavy atom. The molecule has 4 rings (SSSR count).